The summed E-state index contributed by atoms with van der Waals surface area (Å²) in [6, 6.07) is 6.11. The van der Waals surface area contributed by atoms with Crippen molar-refractivity contribution in [1.29, 1.82) is 0 Å². The van der Waals surface area contributed by atoms with Crippen LogP contribution in [0.1, 0.15) is 36.0 Å². The highest BCUT2D eigenvalue weighted by molar-refractivity contribution is 9.10. The van der Waals surface area contributed by atoms with Gasteiger partial charge in [0.1, 0.15) is 11.8 Å². The molecule has 2 atom stereocenters. The van der Waals surface area contributed by atoms with Crippen LogP contribution in [0.25, 0.3) is 0 Å². The third-order valence-electron chi connectivity index (χ3n) is 3.82. The van der Waals surface area contributed by atoms with Gasteiger partial charge in [0.2, 0.25) is 0 Å². The molecule has 118 valence electrons. The molecule has 0 aromatic heterocycles. The van der Waals surface area contributed by atoms with E-state index in [-0.39, 0.29) is 17.6 Å². The molecule has 1 N–H and O–H groups in total. The second-order valence-electron chi connectivity index (χ2n) is 5.38. The lowest BCUT2D eigenvalue weighted by molar-refractivity contribution is -0.145. The second-order valence-corrected chi connectivity index (χ2v) is 6.30. The predicted octanol–water partition coefficient (Wildman–Crippen LogP) is 2.48. The van der Waals surface area contributed by atoms with Gasteiger partial charge in [0.05, 0.1) is 7.11 Å². The van der Waals surface area contributed by atoms with Crippen LogP contribution in [0.15, 0.2) is 28.7 Å². The monoisotopic (exact) mass is 367 g/mol. The van der Waals surface area contributed by atoms with E-state index in [9.17, 15) is 14.4 Å². The summed E-state index contributed by atoms with van der Waals surface area (Å²) >= 11 is 3.31. The molecule has 2 rings (SSSR count). The lowest BCUT2D eigenvalue weighted by Crippen LogP contribution is -2.48. The molecular weight excluding hydrogens is 350 g/mol. The molecule has 0 bridgehead atoms. The largest absolute Gasteiger partial charge is 0.467 e. The number of nitrogens with one attached hydrogen (secondary N) is 1. The molecule has 0 aliphatic heterocycles. The average Bonchev–Trinajstić information content (AvgIpc) is 2.51. The lowest BCUT2D eigenvalue weighted by atomic mass is 9.83. The van der Waals surface area contributed by atoms with Crippen LogP contribution in [-0.4, -0.2) is 30.8 Å². The molecule has 1 aliphatic rings. The molecule has 1 saturated carbocycles. The van der Waals surface area contributed by atoms with Crippen molar-refractivity contribution in [3.63, 3.8) is 0 Å². The summed E-state index contributed by atoms with van der Waals surface area (Å²) in [5, 5.41) is 2.71. The van der Waals surface area contributed by atoms with E-state index in [0.29, 0.717) is 18.4 Å². The zero-order valence-electron chi connectivity index (χ0n) is 12.3. The Morgan fingerprint density at radius 1 is 1.41 bits per heavy atom. The van der Waals surface area contributed by atoms with Crippen LogP contribution in [0.5, 0.6) is 0 Å². The van der Waals surface area contributed by atoms with Gasteiger partial charge >= 0.3 is 5.97 Å². The summed E-state index contributed by atoms with van der Waals surface area (Å²) in [4.78, 5) is 35.9. The van der Waals surface area contributed by atoms with E-state index < -0.39 is 12.0 Å². The molecule has 6 heteroatoms. The van der Waals surface area contributed by atoms with Crippen molar-refractivity contribution in [3.05, 3.63) is 34.3 Å². The van der Waals surface area contributed by atoms with Crippen LogP contribution < -0.4 is 5.32 Å². The normalized spacial score (nSPS) is 19.4. The van der Waals surface area contributed by atoms with Crippen molar-refractivity contribution >= 4 is 33.6 Å². The van der Waals surface area contributed by atoms with Gasteiger partial charge in [-0.25, -0.2) is 4.79 Å². The van der Waals surface area contributed by atoms with Gasteiger partial charge in [-0.15, -0.1) is 0 Å². The fourth-order valence-electron chi connectivity index (χ4n) is 2.69. The Labute approximate surface area is 137 Å². The number of carbonyl (C=O) groups is 3. The van der Waals surface area contributed by atoms with E-state index in [2.05, 4.69) is 21.2 Å². The Hall–Kier alpha value is -1.69. The smallest absolute Gasteiger partial charge is 0.328 e. The van der Waals surface area contributed by atoms with E-state index in [1.165, 1.54) is 7.11 Å². The Morgan fingerprint density at radius 2 is 2.18 bits per heavy atom. The first-order valence-electron chi connectivity index (χ1n) is 7.17. The average molecular weight is 368 g/mol. The highest BCUT2D eigenvalue weighted by Gasteiger charge is 2.34. The quantitative estimate of drug-likeness (QED) is 0.829. The van der Waals surface area contributed by atoms with Crippen molar-refractivity contribution in [1.82, 2.24) is 5.32 Å². The highest BCUT2D eigenvalue weighted by atomic mass is 79.9. The van der Waals surface area contributed by atoms with Crippen LogP contribution in [0.4, 0.5) is 0 Å². The van der Waals surface area contributed by atoms with E-state index in [1.54, 1.807) is 18.2 Å². The molecule has 22 heavy (non-hydrogen) atoms. The van der Waals surface area contributed by atoms with Crippen molar-refractivity contribution in [2.75, 3.05) is 7.11 Å². The van der Waals surface area contributed by atoms with Crippen LogP contribution >= 0.6 is 15.9 Å². The van der Waals surface area contributed by atoms with Gasteiger partial charge in [-0.05, 0) is 37.0 Å². The topological polar surface area (TPSA) is 72.5 Å². The lowest BCUT2D eigenvalue weighted by Gasteiger charge is -2.28. The number of carbonyl (C=O) groups excluding carboxylic acids is 3. The van der Waals surface area contributed by atoms with E-state index in [1.807, 2.05) is 6.07 Å². The van der Waals surface area contributed by atoms with Gasteiger partial charge in [-0.2, -0.15) is 0 Å². The SMILES string of the molecule is COC(=O)[C@@H](NC(=O)c1cccc(Br)c1)[C@H]1CCCC(=O)C1. The van der Waals surface area contributed by atoms with Gasteiger partial charge < -0.3 is 10.1 Å². The molecule has 5 nitrogen and oxygen atoms in total. The van der Waals surface area contributed by atoms with Crippen molar-refractivity contribution in [3.8, 4) is 0 Å². The summed E-state index contributed by atoms with van der Waals surface area (Å²) in [6.07, 6.45) is 2.32. The number of amides is 1. The number of esters is 1. The molecular formula is C16H18BrNO4. The zero-order valence-corrected chi connectivity index (χ0v) is 13.9. The van der Waals surface area contributed by atoms with Crippen LogP contribution in [0, 0.1) is 5.92 Å². The summed E-state index contributed by atoms with van der Waals surface area (Å²) in [6.45, 7) is 0. The minimum atomic E-state index is -0.791. The molecule has 0 spiro atoms. The molecule has 0 unspecified atom stereocenters. The number of halogens is 1. The number of ether oxygens (including phenoxy) is 1. The number of hydrogen-bond acceptors (Lipinski definition) is 4. The Balaban J connectivity index is 2.14. The standard InChI is InChI=1S/C16H18BrNO4/c1-22-16(21)14(10-4-3-7-13(19)9-10)18-15(20)11-5-2-6-12(17)8-11/h2,5-6,8,10,14H,3-4,7,9H2,1H3,(H,18,20)/t10-,14-/m0/s1. The molecule has 0 radical (unpaired) electrons. The molecule has 0 heterocycles. The second kappa shape index (κ2) is 7.54. The van der Waals surface area contributed by atoms with Gasteiger partial charge in [0.15, 0.2) is 0 Å². The molecule has 1 amide bonds. The summed E-state index contributed by atoms with van der Waals surface area (Å²) in [5.74, 6) is -0.940. The summed E-state index contributed by atoms with van der Waals surface area (Å²) in [5.41, 5.74) is 0.449. The molecule has 0 saturated heterocycles. The fourth-order valence-corrected chi connectivity index (χ4v) is 3.09. The van der Waals surface area contributed by atoms with Gasteiger partial charge in [0.25, 0.3) is 5.91 Å². The van der Waals surface area contributed by atoms with Crippen molar-refractivity contribution in [2.24, 2.45) is 5.92 Å². The van der Waals surface area contributed by atoms with E-state index in [4.69, 9.17) is 4.74 Å². The van der Waals surface area contributed by atoms with Gasteiger partial charge in [-0.1, -0.05) is 22.0 Å². The summed E-state index contributed by atoms with van der Waals surface area (Å²) in [7, 11) is 1.28. The first-order chi connectivity index (χ1) is 10.5. The van der Waals surface area contributed by atoms with Crippen molar-refractivity contribution < 1.29 is 19.1 Å². The Kier molecular flexibility index (Phi) is 5.71. The molecule has 1 aliphatic carbocycles. The Bertz CT molecular complexity index is 587. The first kappa shape index (κ1) is 16.7. The highest BCUT2D eigenvalue weighted by Crippen LogP contribution is 2.25. The van der Waals surface area contributed by atoms with Gasteiger partial charge in [-0.3, -0.25) is 9.59 Å². The maximum atomic E-state index is 12.3. The van der Waals surface area contributed by atoms with Crippen LogP contribution in [0.3, 0.4) is 0 Å². The third kappa shape index (κ3) is 4.16. The van der Waals surface area contributed by atoms with Crippen LogP contribution in [0.2, 0.25) is 0 Å². The molecule has 1 fully saturated rings. The maximum Gasteiger partial charge on any atom is 0.328 e. The van der Waals surface area contributed by atoms with Crippen LogP contribution in [-0.2, 0) is 14.3 Å². The first-order valence-corrected chi connectivity index (χ1v) is 7.96. The maximum absolute atomic E-state index is 12.3. The number of methoxy groups -OCH3 is 1. The minimum absolute atomic E-state index is 0.127. The minimum Gasteiger partial charge on any atom is -0.467 e. The number of benzene rings is 1. The molecule has 1 aromatic rings. The third-order valence-corrected chi connectivity index (χ3v) is 4.31. The number of ketones is 1. The predicted molar refractivity (Wildman–Crippen MR) is 84.4 cm³/mol. The fraction of sp³-hybridized carbons (Fsp3) is 0.438. The van der Waals surface area contributed by atoms with Gasteiger partial charge in [0, 0.05) is 22.9 Å². The zero-order chi connectivity index (χ0) is 16.1. The van der Waals surface area contributed by atoms with E-state index >= 15 is 0 Å². The number of rotatable bonds is 4. The summed E-state index contributed by atoms with van der Waals surface area (Å²) < 4.78 is 5.57. The number of Topliss-reactive ketones (excluding diaryl/α,β-unsaturated/α-hetero) is 1. The molecule has 1 aromatic carbocycles. The number of hydrogen-bond donors (Lipinski definition) is 1. The van der Waals surface area contributed by atoms with Crippen molar-refractivity contribution in [2.45, 2.75) is 31.7 Å². The van der Waals surface area contributed by atoms with E-state index in [0.717, 1.165) is 17.3 Å². The Morgan fingerprint density at radius 3 is 2.82 bits per heavy atom.